The third-order valence-corrected chi connectivity index (χ3v) is 3.08. The van der Waals surface area contributed by atoms with Crippen molar-refractivity contribution in [2.45, 2.75) is 0 Å². The number of rotatable bonds is 3. The molecule has 1 aromatic heterocycles. The summed E-state index contributed by atoms with van der Waals surface area (Å²) in [6.45, 7) is 0. The molecule has 0 aliphatic carbocycles. The molecule has 3 aromatic rings. The first-order valence-corrected chi connectivity index (χ1v) is 6.18. The van der Waals surface area contributed by atoms with Crippen molar-refractivity contribution in [1.29, 1.82) is 0 Å². The maximum atomic E-state index is 10.8. The molecule has 0 saturated carbocycles. The minimum Gasteiger partial charge on any atom is -0.475 e. The molecular weight excluding hydrogens is 252 g/mol. The van der Waals surface area contributed by atoms with E-state index in [2.05, 4.69) is 9.97 Å². The molecule has 98 valence electrons. The third kappa shape index (κ3) is 2.31. The molecule has 0 radical (unpaired) electrons. The second kappa shape index (κ2) is 5.01. The monoisotopic (exact) mass is 264 g/mol. The summed E-state index contributed by atoms with van der Waals surface area (Å²) >= 11 is 0. The summed E-state index contributed by atoms with van der Waals surface area (Å²) in [7, 11) is 0. The van der Waals surface area contributed by atoms with Crippen molar-refractivity contribution in [2.75, 3.05) is 0 Å². The standard InChI is InChI=1S/C16H12N2O2/c19-16(20)15-17-10-14(18-15)13-8-6-12(7-9-13)11-4-2-1-3-5-11/h1-10H,(H,17,18)(H,19,20). The van der Waals surface area contributed by atoms with Crippen LogP contribution in [0.5, 0.6) is 0 Å². The summed E-state index contributed by atoms with van der Waals surface area (Å²) in [5.74, 6) is -1.11. The Balaban J connectivity index is 1.91. The zero-order valence-corrected chi connectivity index (χ0v) is 10.6. The first kappa shape index (κ1) is 12.2. The Morgan fingerprint density at radius 2 is 1.50 bits per heavy atom. The number of benzene rings is 2. The molecule has 0 aliphatic rings. The van der Waals surface area contributed by atoms with Gasteiger partial charge in [0.05, 0.1) is 11.9 Å². The SMILES string of the molecule is O=C(O)c1ncc(-c2ccc(-c3ccccc3)cc2)[nH]1. The highest BCUT2D eigenvalue weighted by Crippen LogP contribution is 2.23. The topological polar surface area (TPSA) is 66.0 Å². The number of carboxylic acid groups (broad SMARTS) is 1. The fourth-order valence-electron chi connectivity index (χ4n) is 2.05. The van der Waals surface area contributed by atoms with Gasteiger partial charge in [-0.05, 0) is 16.7 Å². The van der Waals surface area contributed by atoms with Gasteiger partial charge in [0, 0.05) is 0 Å². The molecule has 0 unspecified atom stereocenters. The van der Waals surface area contributed by atoms with E-state index in [1.165, 1.54) is 6.20 Å². The Hall–Kier alpha value is -2.88. The maximum absolute atomic E-state index is 10.8. The van der Waals surface area contributed by atoms with Crippen LogP contribution in [0.2, 0.25) is 0 Å². The lowest BCUT2D eigenvalue weighted by molar-refractivity contribution is 0.0685. The number of nitrogens with one attached hydrogen (secondary N) is 1. The maximum Gasteiger partial charge on any atom is 0.371 e. The Morgan fingerprint density at radius 3 is 2.10 bits per heavy atom. The largest absolute Gasteiger partial charge is 0.475 e. The molecule has 1 heterocycles. The molecule has 4 heteroatoms. The van der Waals surface area contributed by atoms with E-state index in [1.54, 1.807) is 0 Å². The number of carbonyl (C=O) groups is 1. The van der Waals surface area contributed by atoms with Gasteiger partial charge in [-0.25, -0.2) is 9.78 Å². The van der Waals surface area contributed by atoms with Crippen LogP contribution in [0.4, 0.5) is 0 Å². The van der Waals surface area contributed by atoms with Crippen LogP contribution in [-0.2, 0) is 0 Å². The molecule has 0 spiro atoms. The Bertz CT molecular complexity index is 731. The minimum atomic E-state index is -1.06. The normalized spacial score (nSPS) is 10.4. The van der Waals surface area contributed by atoms with E-state index >= 15 is 0 Å². The Morgan fingerprint density at radius 1 is 0.900 bits per heavy atom. The second-order valence-corrected chi connectivity index (χ2v) is 4.39. The van der Waals surface area contributed by atoms with Crippen molar-refractivity contribution >= 4 is 5.97 Å². The lowest BCUT2D eigenvalue weighted by Gasteiger charge is -2.03. The summed E-state index contributed by atoms with van der Waals surface area (Å²) in [5.41, 5.74) is 3.87. The molecular formula is C16H12N2O2. The number of hydrogen-bond acceptors (Lipinski definition) is 2. The van der Waals surface area contributed by atoms with E-state index in [9.17, 15) is 4.79 Å². The quantitative estimate of drug-likeness (QED) is 0.761. The molecule has 3 rings (SSSR count). The summed E-state index contributed by atoms with van der Waals surface area (Å²) in [6, 6.07) is 18.0. The fourth-order valence-corrected chi connectivity index (χ4v) is 2.05. The molecule has 0 bridgehead atoms. The first-order valence-electron chi connectivity index (χ1n) is 6.18. The number of imidazole rings is 1. The molecule has 0 aliphatic heterocycles. The number of H-pyrrole nitrogens is 1. The van der Waals surface area contributed by atoms with Crippen molar-refractivity contribution in [2.24, 2.45) is 0 Å². The van der Waals surface area contributed by atoms with E-state index in [-0.39, 0.29) is 5.82 Å². The Kier molecular flexibility index (Phi) is 3.05. The van der Waals surface area contributed by atoms with Crippen molar-refractivity contribution < 1.29 is 9.90 Å². The van der Waals surface area contributed by atoms with E-state index in [0.717, 1.165) is 16.7 Å². The van der Waals surface area contributed by atoms with E-state index < -0.39 is 5.97 Å². The number of nitrogens with zero attached hydrogens (tertiary/aromatic N) is 1. The highest BCUT2D eigenvalue weighted by Gasteiger charge is 2.09. The van der Waals surface area contributed by atoms with Crippen molar-refractivity contribution in [3.63, 3.8) is 0 Å². The van der Waals surface area contributed by atoms with Crippen LogP contribution in [0.1, 0.15) is 10.6 Å². The van der Waals surface area contributed by atoms with Gasteiger partial charge in [0.25, 0.3) is 0 Å². The number of aromatic nitrogens is 2. The van der Waals surface area contributed by atoms with Gasteiger partial charge in [0.15, 0.2) is 0 Å². The summed E-state index contributed by atoms with van der Waals surface area (Å²) in [6.07, 6.45) is 1.53. The van der Waals surface area contributed by atoms with Gasteiger partial charge in [-0.2, -0.15) is 0 Å². The lowest BCUT2D eigenvalue weighted by atomic mass is 10.0. The highest BCUT2D eigenvalue weighted by molar-refractivity contribution is 5.84. The third-order valence-electron chi connectivity index (χ3n) is 3.08. The van der Waals surface area contributed by atoms with Crippen molar-refractivity contribution in [3.8, 4) is 22.4 Å². The van der Waals surface area contributed by atoms with Crippen molar-refractivity contribution in [1.82, 2.24) is 9.97 Å². The van der Waals surface area contributed by atoms with Crippen LogP contribution in [0.15, 0.2) is 60.8 Å². The summed E-state index contributed by atoms with van der Waals surface area (Å²) in [5, 5.41) is 8.84. The Labute approximate surface area is 115 Å². The molecule has 20 heavy (non-hydrogen) atoms. The molecule has 4 nitrogen and oxygen atoms in total. The lowest BCUT2D eigenvalue weighted by Crippen LogP contribution is -1.98. The molecule has 0 amide bonds. The van der Waals surface area contributed by atoms with E-state index in [4.69, 9.17) is 5.11 Å². The zero-order chi connectivity index (χ0) is 13.9. The summed E-state index contributed by atoms with van der Waals surface area (Å²) < 4.78 is 0. The predicted molar refractivity (Wildman–Crippen MR) is 76.4 cm³/mol. The number of hydrogen-bond donors (Lipinski definition) is 2. The van der Waals surface area contributed by atoms with Gasteiger partial charge in [0.2, 0.25) is 5.82 Å². The van der Waals surface area contributed by atoms with Crippen LogP contribution in [0, 0.1) is 0 Å². The van der Waals surface area contributed by atoms with Crippen LogP contribution in [0.25, 0.3) is 22.4 Å². The number of carboxylic acids is 1. The smallest absolute Gasteiger partial charge is 0.371 e. The van der Waals surface area contributed by atoms with Crippen LogP contribution >= 0.6 is 0 Å². The summed E-state index contributed by atoms with van der Waals surface area (Å²) in [4.78, 5) is 17.4. The average Bonchev–Trinajstić information content (AvgIpc) is 2.98. The van der Waals surface area contributed by atoms with Crippen LogP contribution in [0.3, 0.4) is 0 Å². The average molecular weight is 264 g/mol. The second-order valence-electron chi connectivity index (χ2n) is 4.39. The van der Waals surface area contributed by atoms with Gasteiger partial charge in [-0.15, -0.1) is 0 Å². The molecule has 2 N–H and O–H groups in total. The fraction of sp³-hybridized carbons (Fsp3) is 0. The first-order chi connectivity index (χ1) is 9.74. The minimum absolute atomic E-state index is 0.0489. The van der Waals surface area contributed by atoms with Gasteiger partial charge in [-0.3, -0.25) is 0 Å². The van der Waals surface area contributed by atoms with Gasteiger partial charge in [0.1, 0.15) is 0 Å². The zero-order valence-electron chi connectivity index (χ0n) is 10.6. The number of aromatic amines is 1. The van der Waals surface area contributed by atoms with Crippen LogP contribution < -0.4 is 0 Å². The molecule has 2 aromatic carbocycles. The van der Waals surface area contributed by atoms with E-state index in [0.29, 0.717) is 5.69 Å². The molecule has 0 fully saturated rings. The highest BCUT2D eigenvalue weighted by atomic mass is 16.4. The van der Waals surface area contributed by atoms with Gasteiger partial charge >= 0.3 is 5.97 Å². The van der Waals surface area contributed by atoms with Crippen LogP contribution in [-0.4, -0.2) is 21.0 Å². The van der Waals surface area contributed by atoms with Gasteiger partial charge < -0.3 is 10.1 Å². The molecule has 0 atom stereocenters. The van der Waals surface area contributed by atoms with Crippen molar-refractivity contribution in [3.05, 3.63) is 66.6 Å². The number of aromatic carboxylic acids is 1. The predicted octanol–water partition coefficient (Wildman–Crippen LogP) is 3.44. The molecule has 0 saturated heterocycles. The van der Waals surface area contributed by atoms with Gasteiger partial charge in [-0.1, -0.05) is 54.6 Å². The van der Waals surface area contributed by atoms with E-state index in [1.807, 2.05) is 54.6 Å².